The number of nitrogens with one attached hydrogen (secondary N) is 1. The fraction of sp³-hybridized carbons (Fsp3) is 0.636. The highest BCUT2D eigenvalue weighted by molar-refractivity contribution is 7.90. The van der Waals surface area contributed by atoms with E-state index in [1.807, 2.05) is 0 Å². The van der Waals surface area contributed by atoms with Gasteiger partial charge in [0.15, 0.2) is 5.13 Å². The lowest BCUT2D eigenvalue weighted by Gasteiger charge is -2.29. The summed E-state index contributed by atoms with van der Waals surface area (Å²) < 4.78 is 28.3. The van der Waals surface area contributed by atoms with Gasteiger partial charge in [0.2, 0.25) is 0 Å². The third kappa shape index (κ3) is 3.47. The molecule has 7 nitrogen and oxygen atoms in total. The van der Waals surface area contributed by atoms with E-state index < -0.39 is 10.2 Å². The number of nitrogens with zero attached hydrogens (tertiary/aromatic N) is 3. The van der Waals surface area contributed by atoms with Gasteiger partial charge in [0, 0.05) is 18.5 Å². The first-order valence-corrected chi connectivity index (χ1v) is 8.67. The van der Waals surface area contributed by atoms with Crippen molar-refractivity contribution in [1.82, 2.24) is 9.29 Å². The van der Waals surface area contributed by atoms with Crippen LogP contribution in [0.5, 0.6) is 0 Å². The smallest absolute Gasteiger partial charge is 0.303 e. The fourth-order valence-corrected chi connectivity index (χ4v) is 4.13. The molecule has 2 N–H and O–H groups in total. The van der Waals surface area contributed by atoms with Crippen molar-refractivity contribution in [2.24, 2.45) is 11.1 Å². The van der Waals surface area contributed by atoms with Gasteiger partial charge in [-0.2, -0.15) is 12.7 Å². The van der Waals surface area contributed by atoms with E-state index in [4.69, 9.17) is 5.21 Å². The average molecular weight is 318 g/mol. The van der Waals surface area contributed by atoms with Crippen LogP contribution in [0.3, 0.4) is 0 Å². The molecule has 1 aliphatic rings. The van der Waals surface area contributed by atoms with Gasteiger partial charge in [-0.15, -0.1) is 11.3 Å². The van der Waals surface area contributed by atoms with Crippen LogP contribution in [0.1, 0.15) is 32.4 Å². The van der Waals surface area contributed by atoms with Crippen molar-refractivity contribution in [2.45, 2.75) is 26.7 Å². The van der Waals surface area contributed by atoms with Gasteiger partial charge in [-0.3, -0.25) is 0 Å². The minimum absolute atomic E-state index is 0.279. The minimum Gasteiger partial charge on any atom is -0.411 e. The fourth-order valence-electron chi connectivity index (χ4n) is 1.94. The van der Waals surface area contributed by atoms with Crippen molar-refractivity contribution in [3.8, 4) is 0 Å². The van der Waals surface area contributed by atoms with Crippen LogP contribution in [0, 0.1) is 5.92 Å². The lowest BCUT2D eigenvalue weighted by molar-refractivity contribution is 0.289. The number of piperidine rings is 1. The lowest BCUT2D eigenvalue weighted by Crippen LogP contribution is -2.41. The van der Waals surface area contributed by atoms with Crippen molar-refractivity contribution in [3.63, 3.8) is 0 Å². The molecule has 1 aromatic rings. The minimum atomic E-state index is -3.55. The van der Waals surface area contributed by atoms with Crippen molar-refractivity contribution in [3.05, 3.63) is 11.1 Å². The number of thiazole rings is 1. The molecule has 0 spiro atoms. The van der Waals surface area contributed by atoms with E-state index in [9.17, 15) is 8.42 Å². The molecule has 2 rings (SSSR count). The maximum absolute atomic E-state index is 12.2. The second kappa shape index (κ2) is 6.06. The van der Waals surface area contributed by atoms with E-state index in [0.29, 0.717) is 30.4 Å². The van der Waals surface area contributed by atoms with Gasteiger partial charge in [0.1, 0.15) is 11.4 Å². The molecule has 0 atom stereocenters. The number of anilines is 1. The molecule has 0 radical (unpaired) electrons. The van der Waals surface area contributed by atoms with E-state index in [1.165, 1.54) is 4.31 Å². The molecular formula is C11H18N4O3S2. The molecule has 0 bridgehead atoms. The first kappa shape index (κ1) is 15.2. The maximum Gasteiger partial charge on any atom is 0.303 e. The summed E-state index contributed by atoms with van der Waals surface area (Å²) in [6, 6.07) is 0. The van der Waals surface area contributed by atoms with Crippen LogP contribution >= 0.6 is 11.3 Å². The summed E-state index contributed by atoms with van der Waals surface area (Å²) >= 11 is 1.16. The van der Waals surface area contributed by atoms with E-state index >= 15 is 0 Å². The quantitative estimate of drug-likeness (QED) is 0.502. The molecule has 1 fully saturated rings. The van der Waals surface area contributed by atoms with Crippen LogP contribution in [-0.2, 0) is 10.2 Å². The van der Waals surface area contributed by atoms with Crippen molar-refractivity contribution >= 4 is 32.4 Å². The summed E-state index contributed by atoms with van der Waals surface area (Å²) in [7, 11) is -3.55. The predicted molar refractivity (Wildman–Crippen MR) is 78.6 cm³/mol. The molecular weight excluding hydrogens is 300 g/mol. The number of aromatic nitrogens is 1. The zero-order valence-electron chi connectivity index (χ0n) is 11.4. The van der Waals surface area contributed by atoms with Crippen LogP contribution < -0.4 is 4.72 Å². The van der Waals surface area contributed by atoms with Crippen molar-refractivity contribution in [1.29, 1.82) is 0 Å². The zero-order chi connectivity index (χ0) is 14.8. The third-order valence-electron chi connectivity index (χ3n) is 3.32. The molecule has 20 heavy (non-hydrogen) atoms. The summed E-state index contributed by atoms with van der Waals surface area (Å²) in [4.78, 5) is 4.09. The maximum atomic E-state index is 12.2. The summed E-state index contributed by atoms with van der Waals surface area (Å²) in [5.41, 5.74) is 0.806. The van der Waals surface area contributed by atoms with Crippen molar-refractivity contribution in [2.75, 3.05) is 17.8 Å². The Bertz CT molecular complexity index is 589. The Kier molecular flexibility index (Phi) is 4.61. The summed E-state index contributed by atoms with van der Waals surface area (Å²) in [5, 5.41) is 13.6. The number of rotatable bonds is 4. The van der Waals surface area contributed by atoms with Crippen LogP contribution in [0.15, 0.2) is 10.5 Å². The first-order chi connectivity index (χ1) is 9.42. The van der Waals surface area contributed by atoms with Gasteiger partial charge < -0.3 is 5.21 Å². The van der Waals surface area contributed by atoms with Crippen LogP contribution in [0.25, 0.3) is 0 Å². The van der Waals surface area contributed by atoms with Gasteiger partial charge in [-0.1, -0.05) is 12.1 Å². The Hall–Kier alpha value is -1.19. The lowest BCUT2D eigenvalue weighted by atomic mass is 10.0. The highest BCUT2D eigenvalue weighted by Crippen LogP contribution is 2.22. The number of hydrogen-bond acceptors (Lipinski definition) is 6. The predicted octanol–water partition coefficient (Wildman–Crippen LogP) is 1.73. The van der Waals surface area contributed by atoms with Gasteiger partial charge in [0.05, 0.1) is 0 Å². The van der Waals surface area contributed by atoms with Crippen LogP contribution in [-0.4, -0.2) is 41.7 Å². The molecule has 1 aromatic heterocycles. The molecule has 112 valence electrons. The molecule has 0 aliphatic carbocycles. The Labute approximate surface area is 122 Å². The summed E-state index contributed by atoms with van der Waals surface area (Å²) in [6.07, 6.45) is 1.75. The molecule has 1 aliphatic heterocycles. The second-order valence-corrected chi connectivity index (χ2v) is 7.44. The number of oxime groups is 1. The molecule has 0 aromatic carbocycles. The summed E-state index contributed by atoms with van der Waals surface area (Å²) in [6.45, 7) is 4.79. The Balaban J connectivity index is 2.06. The molecule has 0 unspecified atom stereocenters. The topological polar surface area (TPSA) is 94.9 Å². The molecule has 2 heterocycles. The molecule has 0 amide bonds. The van der Waals surface area contributed by atoms with E-state index in [0.717, 1.165) is 24.2 Å². The Morgan fingerprint density at radius 1 is 1.55 bits per heavy atom. The summed E-state index contributed by atoms with van der Waals surface area (Å²) in [5.74, 6) is 0.566. The highest BCUT2D eigenvalue weighted by atomic mass is 32.2. The average Bonchev–Trinajstić information content (AvgIpc) is 2.86. The van der Waals surface area contributed by atoms with Gasteiger partial charge in [-0.05, 0) is 25.7 Å². The van der Waals surface area contributed by atoms with Crippen LogP contribution in [0.4, 0.5) is 5.13 Å². The monoisotopic (exact) mass is 318 g/mol. The second-order valence-electron chi connectivity index (χ2n) is 4.91. The van der Waals surface area contributed by atoms with Crippen LogP contribution in [0.2, 0.25) is 0 Å². The largest absolute Gasteiger partial charge is 0.411 e. The third-order valence-corrected chi connectivity index (χ3v) is 5.71. The van der Waals surface area contributed by atoms with Gasteiger partial charge in [0.25, 0.3) is 0 Å². The first-order valence-electron chi connectivity index (χ1n) is 6.35. The Morgan fingerprint density at radius 2 is 2.20 bits per heavy atom. The van der Waals surface area contributed by atoms with Crippen molar-refractivity contribution < 1.29 is 13.6 Å². The van der Waals surface area contributed by atoms with E-state index in [-0.39, 0.29) is 5.13 Å². The standard InChI is InChI=1S/C11H18N4O3S2/c1-8-3-5-15(6-4-8)20(17,18)14-11-12-10(7-19-11)9(2)13-16/h7-8,16H,3-6H2,1-2H3,(H,12,14). The van der Waals surface area contributed by atoms with E-state index in [2.05, 4.69) is 21.8 Å². The SMILES string of the molecule is CC(=NO)c1csc(NS(=O)(=O)N2CCC(C)CC2)n1. The molecule has 0 saturated carbocycles. The molecule has 9 heteroatoms. The highest BCUT2D eigenvalue weighted by Gasteiger charge is 2.27. The van der Waals surface area contributed by atoms with E-state index in [1.54, 1.807) is 12.3 Å². The normalized spacial score (nSPS) is 19.2. The van der Waals surface area contributed by atoms with Gasteiger partial charge in [-0.25, -0.2) is 9.71 Å². The van der Waals surface area contributed by atoms with Gasteiger partial charge >= 0.3 is 10.2 Å². The zero-order valence-corrected chi connectivity index (χ0v) is 13.0. The molecule has 1 saturated heterocycles. The Morgan fingerprint density at radius 3 is 2.80 bits per heavy atom. The number of hydrogen-bond donors (Lipinski definition) is 2.